The number of fused-ring (bicyclic) bond motifs is 1. The lowest BCUT2D eigenvalue weighted by molar-refractivity contribution is 0.769. The van der Waals surface area contributed by atoms with Crippen molar-refractivity contribution in [3.05, 3.63) is 30.6 Å². The van der Waals surface area contributed by atoms with E-state index in [0.29, 0.717) is 11.5 Å². The van der Waals surface area contributed by atoms with Crippen molar-refractivity contribution in [2.24, 2.45) is 7.05 Å². The minimum atomic E-state index is 0. The van der Waals surface area contributed by atoms with Crippen LogP contribution in [0.25, 0.3) is 17.2 Å². The van der Waals surface area contributed by atoms with Crippen LogP contribution in [0, 0.1) is 0 Å². The summed E-state index contributed by atoms with van der Waals surface area (Å²) in [5, 5.41) is 8.43. The predicted molar refractivity (Wildman–Crippen MR) is 66.8 cm³/mol. The van der Waals surface area contributed by atoms with Gasteiger partial charge in [0.2, 0.25) is 0 Å². The molecule has 0 aliphatic rings. The van der Waals surface area contributed by atoms with Gasteiger partial charge in [-0.15, -0.1) is 17.5 Å². The van der Waals surface area contributed by atoms with Gasteiger partial charge in [0, 0.05) is 13.2 Å². The van der Waals surface area contributed by atoms with Crippen LogP contribution in [0.15, 0.2) is 30.6 Å². The highest BCUT2D eigenvalue weighted by Crippen LogP contribution is 2.15. The third-order valence-electron chi connectivity index (χ3n) is 2.40. The number of rotatable bonds is 1. The number of anilines is 1. The van der Waals surface area contributed by atoms with Crippen LogP contribution in [0.5, 0.6) is 0 Å². The quantitative estimate of drug-likeness (QED) is 0.703. The molecule has 0 fully saturated rings. The molecule has 7 heteroatoms. The Bertz CT molecular complexity index is 656. The molecular formula is C10H11ClN6. The Labute approximate surface area is 103 Å². The lowest BCUT2D eigenvalue weighted by Gasteiger charge is -1.93. The third kappa shape index (κ3) is 1.83. The molecule has 0 aliphatic heterocycles. The highest BCUT2D eigenvalue weighted by Gasteiger charge is 2.09. The van der Waals surface area contributed by atoms with Crippen LogP contribution in [-0.4, -0.2) is 24.4 Å². The van der Waals surface area contributed by atoms with Crippen molar-refractivity contribution in [3.63, 3.8) is 0 Å². The Morgan fingerprint density at radius 3 is 2.76 bits per heavy atom. The van der Waals surface area contributed by atoms with E-state index in [-0.39, 0.29) is 12.4 Å². The van der Waals surface area contributed by atoms with Crippen molar-refractivity contribution in [2.45, 2.75) is 0 Å². The minimum absolute atomic E-state index is 0. The summed E-state index contributed by atoms with van der Waals surface area (Å²) in [7, 11) is 1.86. The Morgan fingerprint density at radius 1 is 1.24 bits per heavy atom. The second-order valence-corrected chi connectivity index (χ2v) is 3.54. The Balaban J connectivity index is 0.00000108. The highest BCUT2D eigenvalue weighted by molar-refractivity contribution is 5.85. The molecule has 0 saturated carbocycles. The Hall–Kier alpha value is -2.08. The van der Waals surface area contributed by atoms with Gasteiger partial charge in [0.15, 0.2) is 11.5 Å². The molecule has 3 heterocycles. The van der Waals surface area contributed by atoms with E-state index >= 15 is 0 Å². The minimum Gasteiger partial charge on any atom is -0.397 e. The molecule has 0 spiro atoms. The van der Waals surface area contributed by atoms with Gasteiger partial charge in [0.1, 0.15) is 5.69 Å². The zero-order valence-electron chi connectivity index (χ0n) is 9.11. The smallest absolute Gasteiger partial charge is 0.200 e. The predicted octanol–water partition coefficient (Wildman–Crippen LogP) is 1.13. The van der Waals surface area contributed by atoms with E-state index in [1.807, 2.05) is 19.2 Å². The summed E-state index contributed by atoms with van der Waals surface area (Å²) < 4.78 is 3.40. The van der Waals surface area contributed by atoms with Crippen LogP contribution in [-0.2, 0) is 7.05 Å². The number of halogens is 1. The lowest BCUT2D eigenvalue weighted by Crippen LogP contribution is -1.95. The molecule has 0 amide bonds. The van der Waals surface area contributed by atoms with Crippen LogP contribution in [0.2, 0.25) is 0 Å². The largest absolute Gasteiger partial charge is 0.397 e. The number of nitrogens with zero attached hydrogens (tertiary/aromatic N) is 5. The van der Waals surface area contributed by atoms with Gasteiger partial charge < -0.3 is 5.73 Å². The van der Waals surface area contributed by atoms with Crippen LogP contribution < -0.4 is 5.73 Å². The summed E-state index contributed by atoms with van der Waals surface area (Å²) >= 11 is 0. The van der Waals surface area contributed by atoms with Gasteiger partial charge in [-0.2, -0.15) is 5.10 Å². The number of pyridine rings is 1. The summed E-state index contributed by atoms with van der Waals surface area (Å²) in [4.78, 5) is 4.39. The van der Waals surface area contributed by atoms with Crippen LogP contribution in [0.3, 0.4) is 0 Å². The fourth-order valence-electron chi connectivity index (χ4n) is 1.60. The summed E-state index contributed by atoms with van der Waals surface area (Å²) in [5.74, 6) is 0.644. The van der Waals surface area contributed by atoms with Crippen molar-refractivity contribution in [1.82, 2.24) is 24.4 Å². The maximum atomic E-state index is 5.68. The van der Waals surface area contributed by atoms with E-state index in [1.54, 1.807) is 27.7 Å². The van der Waals surface area contributed by atoms with Gasteiger partial charge in [-0.05, 0) is 18.2 Å². The van der Waals surface area contributed by atoms with Crippen LogP contribution >= 0.6 is 12.4 Å². The summed E-state index contributed by atoms with van der Waals surface area (Å²) in [5.41, 5.74) is 7.98. The fraction of sp³-hybridized carbons (Fsp3) is 0.100. The standard InChI is InChI=1S/C10H10N6.ClH/c1-15-8(4-5-12-15)10-13-9-3-2-7(11)6-16(9)14-10;/h2-6H,11H2,1H3;1H. The summed E-state index contributed by atoms with van der Waals surface area (Å²) in [6, 6.07) is 5.51. The molecule has 0 aromatic carbocycles. The molecule has 3 aromatic rings. The first-order valence-electron chi connectivity index (χ1n) is 4.84. The molecule has 3 rings (SSSR count). The van der Waals surface area contributed by atoms with Crippen molar-refractivity contribution < 1.29 is 0 Å². The fourth-order valence-corrected chi connectivity index (χ4v) is 1.60. The monoisotopic (exact) mass is 250 g/mol. The topological polar surface area (TPSA) is 74.0 Å². The first kappa shape index (κ1) is 11.4. The summed E-state index contributed by atoms with van der Waals surface area (Å²) in [6.45, 7) is 0. The van der Waals surface area contributed by atoms with Gasteiger partial charge in [-0.1, -0.05) is 0 Å². The number of hydrogen-bond donors (Lipinski definition) is 1. The summed E-state index contributed by atoms with van der Waals surface area (Å²) in [6.07, 6.45) is 3.46. The lowest BCUT2D eigenvalue weighted by atomic mass is 10.4. The average molecular weight is 251 g/mol. The maximum Gasteiger partial charge on any atom is 0.200 e. The Kier molecular flexibility index (Phi) is 2.72. The maximum absolute atomic E-state index is 5.68. The third-order valence-corrected chi connectivity index (χ3v) is 2.40. The Morgan fingerprint density at radius 2 is 2.06 bits per heavy atom. The molecule has 0 atom stereocenters. The highest BCUT2D eigenvalue weighted by atomic mass is 35.5. The zero-order chi connectivity index (χ0) is 11.1. The van der Waals surface area contributed by atoms with Crippen molar-refractivity contribution >= 4 is 23.7 Å². The second-order valence-electron chi connectivity index (χ2n) is 3.54. The molecule has 6 nitrogen and oxygen atoms in total. The van der Waals surface area contributed by atoms with E-state index in [2.05, 4.69) is 15.2 Å². The molecule has 2 N–H and O–H groups in total. The number of nitrogens with two attached hydrogens (primary N) is 1. The van der Waals surface area contributed by atoms with Crippen molar-refractivity contribution in [1.29, 1.82) is 0 Å². The van der Waals surface area contributed by atoms with E-state index in [9.17, 15) is 0 Å². The molecule has 3 aromatic heterocycles. The van der Waals surface area contributed by atoms with Gasteiger partial charge in [0.25, 0.3) is 0 Å². The molecule has 17 heavy (non-hydrogen) atoms. The number of nitrogen functional groups attached to an aromatic ring is 1. The second kappa shape index (κ2) is 4.06. The SMILES string of the molecule is Cl.Cn1nccc1-c1nc2ccc(N)cn2n1. The number of aromatic nitrogens is 5. The van der Waals surface area contributed by atoms with Gasteiger partial charge in [0.05, 0.1) is 11.9 Å². The molecular weight excluding hydrogens is 240 g/mol. The van der Waals surface area contributed by atoms with Crippen molar-refractivity contribution in [2.75, 3.05) is 5.73 Å². The van der Waals surface area contributed by atoms with E-state index in [1.165, 1.54) is 0 Å². The van der Waals surface area contributed by atoms with E-state index < -0.39 is 0 Å². The first-order valence-corrected chi connectivity index (χ1v) is 4.84. The number of aryl methyl sites for hydroxylation is 1. The van der Waals surface area contributed by atoms with Crippen LogP contribution in [0.4, 0.5) is 5.69 Å². The molecule has 0 radical (unpaired) electrons. The van der Waals surface area contributed by atoms with Crippen molar-refractivity contribution in [3.8, 4) is 11.5 Å². The molecule has 0 unspecified atom stereocenters. The first-order chi connectivity index (χ1) is 7.74. The van der Waals surface area contributed by atoms with E-state index in [4.69, 9.17) is 5.73 Å². The molecule has 0 saturated heterocycles. The molecule has 0 bridgehead atoms. The van der Waals surface area contributed by atoms with E-state index in [0.717, 1.165) is 11.3 Å². The van der Waals surface area contributed by atoms with Gasteiger partial charge in [-0.25, -0.2) is 9.50 Å². The normalized spacial score (nSPS) is 10.4. The zero-order valence-corrected chi connectivity index (χ0v) is 9.92. The number of hydrogen-bond acceptors (Lipinski definition) is 4. The average Bonchev–Trinajstić information content (AvgIpc) is 2.82. The van der Waals surface area contributed by atoms with Gasteiger partial charge in [-0.3, -0.25) is 4.68 Å². The molecule has 88 valence electrons. The van der Waals surface area contributed by atoms with Gasteiger partial charge >= 0.3 is 0 Å². The molecule has 0 aliphatic carbocycles. The van der Waals surface area contributed by atoms with Crippen LogP contribution in [0.1, 0.15) is 0 Å².